The Labute approximate surface area is 172 Å². The molecule has 0 atom stereocenters. The third-order valence-electron chi connectivity index (χ3n) is 6.46. The van der Waals surface area contributed by atoms with Gasteiger partial charge in [-0.1, -0.05) is 24.6 Å². The van der Waals surface area contributed by atoms with Gasteiger partial charge in [0.2, 0.25) is 11.7 Å². The van der Waals surface area contributed by atoms with E-state index in [1.54, 1.807) is 13.3 Å². The Bertz CT molecular complexity index is 881. The SMILES string of the molecule is COc1ccc(/C=C/c2ccc3c(c2)COC2(CCN(C4CCC4)CC2)O3)cn1. The molecule has 0 bridgehead atoms. The van der Waals surface area contributed by atoms with E-state index in [9.17, 15) is 0 Å². The Hall–Kier alpha value is -2.37. The first kappa shape index (κ1) is 18.6. The van der Waals surface area contributed by atoms with Crippen molar-refractivity contribution in [2.75, 3.05) is 20.2 Å². The molecule has 0 radical (unpaired) electrons. The van der Waals surface area contributed by atoms with Gasteiger partial charge in [-0.05, 0) is 42.2 Å². The van der Waals surface area contributed by atoms with E-state index in [1.807, 2.05) is 12.1 Å². The molecule has 0 amide bonds. The number of likely N-dealkylation sites (tertiary alicyclic amines) is 1. The van der Waals surface area contributed by atoms with Crippen LogP contribution in [0.4, 0.5) is 0 Å². The molecule has 1 saturated heterocycles. The van der Waals surface area contributed by atoms with Crippen LogP contribution in [-0.2, 0) is 11.3 Å². The highest BCUT2D eigenvalue weighted by atomic mass is 16.7. The summed E-state index contributed by atoms with van der Waals surface area (Å²) in [5, 5.41) is 0. The maximum absolute atomic E-state index is 6.39. The zero-order valence-corrected chi connectivity index (χ0v) is 17.0. The Balaban J connectivity index is 1.24. The average molecular weight is 392 g/mol. The van der Waals surface area contributed by atoms with Crippen LogP contribution in [0.25, 0.3) is 12.2 Å². The summed E-state index contributed by atoms with van der Waals surface area (Å²) in [6.07, 6.45) is 12.0. The number of ether oxygens (including phenoxy) is 3. The summed E-state index contributed by atoms with van der Waals surface area (Å²) in [6, 6.07) is 11.0. The van der Waals surface area contributed by atoms with E-state index in [-0.39, 0.29) is 0 Å². The van der Waals surface area contributed by atoms with Crippen molar-refractivity contribution in [2.45, 2.75) is 50.5 Å². The summed E-state index contributed by atoms with van der Waals surface area (Å²) < 4.78 is 17.7. The lowest BCUT2D eigenvalue weighted by Gasteiger charge is -2.47. The van der Waals surface area contributed by atoms with Crippen LogP contribution >= 0.6 is 0 Å². The number of pyridine rings is 1. The van der Waals surface area contributed by atoms with Crippen LogP contribution in [0.5, 0.6) is 11.6 Å². The van der Waals surface area contributed by atoms with E-state index in [0.29, 0.717) is 12.5 Å². The molecule has 5 nitrogen and oxygen atoms in total. The first-order valence-corrected chi connectivity index (χ1v) is 10.6. The fourth-order valence-corrected chi connectivity index (χ4v) is 4.39. The molecular weight excluding hydrogens is 364 g/mol. The summed E-state index contributed by atoms with van der Waals surface area (Å²) in [4.78, 5) is 6.86. The van der Waals surface area contributed by atoms with Crippen molar-refractivity contribution in [1.82, 2.24) is 9.88 Å². The molecule has 1 aliphatic carbocycles. The molecule has 152 valence electrons. The van der Waals surface area contributed by atoms with Crippen molar-refractivity contribution in [3.63, 3.8) is 0 Å². The van der Waals surface area contributed by atoms with Crippen LogP contribution in [0, 0.1) is 0 Å². The molecule has 3 aliphatic rings. The minimum absolute atomic E-state index is 0.431. The summed E-state index contributed by atoms with van der Waals surface area (Å²) in [5.41, 5.74) is 3.28. The predicted molar refractivity (Wildman–Crippen MR) is 113 cm³/mol. The van der Waals surface area contributed by atoms with E-state index >= 15 is 0 Å². The van der Waals surface area contributed by atoms with E-state index in [2.05, 4.69) is 40.2 Å². The molecule has 1 aromatic heterocycles. The van der Waals surface area contributed by atoms with Gasteiger partial charge in [-0.15, -0.1) is 0 Å². The van der Waals surface area contributed by atoms with Gasteiger partial charge in [-0.25, -0.2) is 4.98 Å². The molecule has 5 heteroatoms. The second-order valence-electron chi connectivity index (χ2n) is 8.26. The molecule has 2 aromatic rings. The first-order chi connectivity index (χ1) is 14.2. The lowest BCUT2D eigenvalue weighted by atomic mass is 9.89. The van der Waals surface area contributed by atoms with E-state index in [4.69, 9.17) is 14.2 Å². The highest BCUT2D eigenvalue weighted by Crippen LogP contribution is 2.39. The molecule has 1 spiro atoms. The summed E-state index contributed by atoms with van der Waals surface area (Å²) in [6.45, 7) is 2.78. The summed E-state index contributed by atoms with van der Waals surface area (Å²) >= 11 is 0. The molecule has 2 fully saturated rings. The second kappa shape index (κ2) is 7.81. The monoisotopic (exact) mass is 392 g/mol. The van der Waals surface area contributed by atoms with Gasteiger partial charge in [-0.3, -0.25) is 4.90 Å². The van der Waals surface area contributed by atoms with Gasteiger partial charge in [0.25, 0.3) is 0 Å². The Morgan fingerprint density at radius 2 is 1.90 bits per heavy atom. The summed E-state index contributed by atoms with van der Waals surface area (Å²) in [5.74, 6) is 1.16. The molecule has 29 heavy (non-hydrogen) atoms. The fraction of sp³-hybridized carbons (Fsp3) is 0.458. The van der Waals surface area contributed by atoms with E-state index in [1.165, 1.54) is 19.3 Å². The molecule has 1 saturated carbocycles. The standard InChI is InChI=1S/C24H28N2O3/c1-27-23-10-8-19(16-25-23)6-5-18-7-9-22-20(15-18)17-28-24(29-22)11-13-26(14-12-24)21-3-2-4-21/h5-10,15-16,21H,2-4,11-14,17H2,1H3/b6-5+. The highest BCUT2D eigenvalue weighted by molar-refractivity contribution is 5.70. The van der Waals surface area contributed by atoms with Crippen LogP contribution in [-0.4, -0.2) is 41.9 Å². The van der Waals surface area contributed by atoms with Gasteiger partial charge in [0.15, 0.2) is 0 Å². The number of piperidine rings is 1. The molecule has 0 N–H and O–H groups in total. The molecule has 1 aromatic carbocycles. The van der Waals surface area contributed by atoms with Gasteiger partial charge in [-0.2, -0.15) is 0 Å². The second-order valence-corrected chi connectivity index (χ2v) is 8.26. The van der Waals surface area contributed by atoms with Gasteiger partial charge < -0.3 is 14.2 Å². The highest BCUT2D eigenvalue weighted by Gasteiger charge is 2.42. The number of hydrogen-bond donors (Lipinski definition) is 0. The maximum Gasteiger partial charge on any atom is 0.213 e. The quantitative estimate of drug-likeness (QED) is 0.766. The number of methoxy groups -OCH3 is 1. The van der Waals surface area contributed by atoms with E-state index < -0.39 is 5.79 Å². The number of rotatable bonds is 4. The Morgan fingerprint density at radius 1 is 1.10 bits per heavy atom. The molecule has 5 rings (SSSR count). The third-order valence-corrected chi connectivity index (χ3v) is 6.46. The van der Waals surface area contributed by atoms with Crippen molar-refractivity contribution in [1.29, 1.82) is 0 Å². The topological polar surface area (TPSA) is 43.8 Å². The van der Waals surface area contributed by atoms with Crippen molar-refractivity contribution < 1.29 is 14.2 Å². The van der Waals surface area contributed by atoms with Crippen molar-refractivity contribution in [3.05, 3.63) is 53.2 Å². The van der Waals surface area contributed by atoms with Crippen LogP contribution in [0.1, 0.15) is 48.8 Å². The number of hydrogen-bond acceptors (Lipinski definition) is 5. The zero-order valence-electron chi connectivity index (χ0n) is 17.0. The first-order valence-electron chi connectivity index (χ1n) is 10.6. The van der Waals surface area contributed by atoms with E-state index in [0.717, 1.165) is 54.4 Å². The van der Waals surface area contributed by atoms with Crippen LogP contribution in [0.15, 0.2) is 36.5 Å². The minimum Gasteiger partial charge on any atom is -0.481 e. The zero-order chi connectivity index (χ0) is 19.7. The van der Waals surface area contributed by atoms with Gasteiger partial charge in [0, 0.05) is 49.8 Å². The van der Waals surface area contributed by atoms with Gasteiger partial charge in [0.1, 0.15) is 5.75 Å². The lowest BCUT2D eigenvalue weighted by molar-refractivity contribution is -0.231. The maximum atomic E-state index is 6.39. The average Bonchev–Trinajstić information content (AvgIpc) is 2.73. The fourth-order valence-electron chi connectivity index (χ4n) is 4.39. The Morgan fingerprint density at radius 3 is 2.59 bits per heavy atom. The number of aromatic nitrogens is 1. The minimum atomic E-state index is -0.431. The lowest BCUT2D eigenvalue weighted by Crippen LogP contribution is -2.54. The summed E-state index contributed by atoms with van der Waals surface area (Å²) in [7, 11) is 1.62. The smallest absolute Gasteiger partial charge is 0.213 e. The molecular formula is C24H28N2O3. The van der Waals surface area contributed by atoms with Crippen LogP contribution in [0.2, 0.25) is 0 Å². The van der Waals surface area contributed by atoms with Crippen LogP contribution < -0.4 is 9.47 Å². The molecule has 0 unspecified atom stereocenters. The number of nitrogens with zero attached hydrogens (tertiary/aromatic N) is 2. The molecule has 3 heterocycles. The number of fused-ring (bicyclic) bond motifs is 1. The van der Waals surface area contributed by atoms with Crippen LogP contribution in [0.3, 0.4) is 0 Å². The number of benzene rings is 1. The normalized spacial score (nSPS) is 21.6. The largest absolute Gasteiger partial charge is 0.481 e. The van der Waals surface area contributed by atoms with Crippen molar-refractivity contribution in [3.8, 4) is 11.6 Å². The van der Waals surface area contributed by atoms with Crippen molar-refractivity contribution >= 4 is 12.2 Å². The van der Waals surface area contributed by atoms with Crippen molar-refractivity contribution in [2.24, 2.45) is 0 Å². The molecule has 2 aliphatic heterocycles. The predicted octanol–water partition coefficient (Wildman–Crippen LogP) is 4.51. The third kappa shape index (κ3) is 3.89. The van der Waals surface area contributed by atoms with Gasteiger partial charge in [0.05, 0.1) is 13.7 Å². The van der Waals surface area contributed by atoms with Gasteiger partial charge >= 0.3 is 0 Å². The Kier molecular flexibility index (Phi) is 5.02.